The molecular formula is C15H19NO5S. The molecule has 1 heterocycles. The van der Waals surface area contributed by atoms with E-state index in [-0.39, 0.29) is 19.6 Å². The van der Waals surface area contributed by atoms with E-state index in [1.165, 1.54) is 11.3 Å². The van der Waals surface area contributed by atoms with E-state index >= 15 is 0 Å². The van der Waals surface area contributed by atoms with Gasteiger partial charge in [0.1, 0.15) is 5.00 Å². The molecular weight excluding hydrogens is 306 g/mol. The SMILES string of the molecule is CCOC(=O)c1c(NC(=O)COC(=O)CC)sc2c1CCC2. The second kappa shape index (κ2) is 7.40. The first kappa shape index (κ1) is 16.5. The quantitative estimate of drug-likeness (QED) is 0.812. The van der Waals surface area contributed by atoms with E-state index in [2.05, 4.69) is 5.32 Å². The summed E-state index contributed by atoms with van der Waals surface area (Å²) in [7, 11) is 0. The second-order valence-corrected chi connectivity index (χ2v) is 5.95. The third kappa shape index (κ3) is 3.65. The molecule has 7 heteroatoms. The molecule has 0 atom stereocenters. The second-order valence-electron chi connectivity index (χ2n) is 4.84. The summed E-state index contributed by atoms with van der Waals surface area (Å²) < 4.78 is 9.87. The zero-order chi connectivity index (χ0) is 16.1. The molecule has 1 aliphatic rings. The fourth-order valence-electron chi connectivity index (χ4n) is 2.32. The Morgan fingerprint density at radius 2 is 1.95 bits per heavy atom. The van der Waals surface area contributed by atoms with Gasteiger partial charge >= 0.3 is 11.9 Å². The number of anilines is 1. The monoisotopic (exact) mass is 325 g/mol. The predicted octanol–water partition coefficient (Wildman–Crippen LogP) is 2.31. The van der Waals surface area contributed by atoms with Crippen LogP contribution in [0, 0.1) is 0 Å². The Balaban J connectivity index is 2.12. The molecule has 0 aromatic carbocycles. The van der Waals surface area contributed by atoms with Gasteiger partial charge in [-0.25, -0.2) is 4.79 Å². The standard InChI is InChI=1S/C15H19NO5S/c1-3-12(18)21-8-11(17)16-14-13(15(19)20-4-2)9-6-5-7-10(9)22-14/h3-8H2,1-2H3,(H,16,17). The number of aryl methyl sites for hydroxylation is 1. The summed E-state index contributed by atoms with van der Waals surface area (Å²) in [5.41, 5.74) is 1.43. The first-order valence-electron chi connectivity index (χ1n) is 7.33. The number of thiophene rings is 1. The number of hydrogen-bond acceptors (Lipinski definition) is 6. The third-order valence-electron chi connectivity index (χ3n) is 3.31. The van der Waals surface area contributed by atoms with Gasteiger partial charge in [-0.15, -0.1) is 11.3 Å². The van der Waals surface area contributed by atoms with E-state index in [0.29, 0.717) is 10.6 Å². The lowest BCUT2D eigenvalue weighted by molar-refractivity contribution is -0.146. The first-order valence-corrected chi connectivity index (χ1v) is 8.15. The van der Waals surface area contributed by atoms with Crippen molar-refractivity contribution in [3.05, 3.63) is 16.0 Å². The van der Waals surface area contributed by atoms with Gasteiger partial charge in [-0.1, -0.05) is 6.92 Å². The van der Waals surface area contributed by atoms with Crippen molar-refractivity contribution < 1.29 is 23.9 Å². The Bertz CT molecular complexity index is 593. The Morgan fingerprint density at radius 1 is 1.18 bits per heavy atom. The minimum absolute atomic E-state index is 0.217. The number of nitrogens with one attached hydrogen (secondary N) is 1. The number of ether oxygens (including phenoxy) is 2. The highest BCUT2D eigenvalue weighted by molar-refractivity contribution is 7.17. The Kier molecular flexibility index (Phi) is 5.54. The molecule has 22 heavy (non-hydrogen) atoms. The molecule has 0 bridgehead atoms. The number of esters is 2. The number of hydrogen-bond donors (Lipinski definition) is 1. The number of rotatable bonds is 6. The highest BCUT2D eigenvalue weighted by atomic mass is 32.1. The fraction of sp³-hybridized carbons (Fsp3) is 0.533. The van der Waals surface area contributed by atoms with E-state index in [9.17, 15) is 14.4 Å². The van der Waals surface area contributed by atoms with Gasteiger partial charge in [0.15, 0.2) is 6.61 Å². The number of fused-ring (bicyclic) bond motifs is 1. The van der Waals surface area contributed by atoms with E-state index in [0.717, 1.165) is 29.7 Å². The van der Waals surface area contributed by atoms with E-state index in [4.69, 9.17) is 9.47 Å². The van der Waals surface area contributed by atoms with Crippen molar-refractivity contribution in [2.45, 2.75) is 39.5 Å². The largest absolute Gasteiger partial charge is 0.462 e. The molecule has 0 fully saturated rings. The van der Waals surface area contributed by atoms with Crippen LogP contribution in [0.25, 0.3) is 0 Å². The topological polar surface area (TPSA) is 81.7 Å². The molecule has 1 amide bonds. The summed E-state index contributed by atoms with van der Waals surface area (Å²) in [5, 5.41) is 3.15. The van der Waals surface area contributed by atoms with Crippen LogP contribution in [0.5, 0.6) is 0 Å². The van der Waals surface area contributed by atoms with Crippen LogP contribution in [0.15, 0.2) is 0 Å². The molecule has 0 spiro atoms. The molecule has 6 nitrogen and oxygen atoms in total. The minimum atomic E-state index is -0.452. The van der Waals surface area contributed by atoms with Crippen molar-refractivity contribution in [2.75, 3.05) is 18.5 Å². The van der Waals surface area contributed by atoms with Gasteiger partial charge in [-0.3, -0.25) is 9.59 Å². The number of amides is 1. The zero-order valence-electron chi connectivity index (χ0n) is 12.7. The zero-order valence-corrected chi connectivity index (χ0v) is 13.5. The van der Waals surface area contributed by atoms with Crippen molar-refractivity contribution in [1.29, 1.82) is 0 Å². The van der Waals surface area contributed by atoms with E-state index < -0.39 is 17.8 Å². The Hall–Kier alpha value is -1.89. The smallest absolute Gasteiger partial charge is 0.341 e. The van der Waals surface area contributed by atoms with Gasteiger partial charge < -0.3 is 14.8 Å². The molecule has 1 aromatic heterocycles. The molecule has 1 aromatic rings. The van der Waals surface area contributed by atoms with Gasteiger partial charge in [0.2, 0.25) is 0 Å². The molecule has 120 valence electrons. The normalized spacial score (nSPS) is 12.6. The van der Waals surface area contributed by atoms with Crippen molar-refractivity contribution in [3.63, 3.8) is 0 Å². The first-order chi connectivity index (χ1) is 10.6. The molecule has 0 aliphatic heterocycles. The summed E-state index contributed by atoms with van der Waals surface area (Å²) in [5.74, 6) is -1.30. The minimum Gasteiger partial charge on any atom is -0.462 e. The van der Waals surface area contributed by atoms with Gasteiger partial charge in [0, 0.05) is 11.3 Å². The van der Waals surface area contributed by atoms with Crippen molar-refractivity contribution in [2.24, 2.45) is 0 Å². The Morgan fingerprint density at radius 3 is 2.64 bits per heavy atom. The molecule has 0 unspecified atom stereocenters. The van der Waals surface area contributed by atoms with Crippen LogP contribution in [-0.2, 0) is 31.9 Å². The van der Waals surface area contributed by atoms with Gasteiger partial charge in [-0.05, 0) is 31.7 Å². The molecule has 1 N–H and O–H groups in total. The summed E-state index contributed by atoms with van der Waals surface area (Å²) in [4.78, 5) is 36.2. The lowest BCUT2D eigenvalue weighted by Crippen LogP contribution is -2.21. The highest BCUT2D eigenvalue weighted by Gasteiger charge is 2.28. The van der Waals surface area contributed by atoms with Crippen LogP contribution >= 0.6 is 11.3 Å². The Labute approximate surface area is 132 Å². The highest BCUT2D eigenvalue weighted by Crippen LogP contribution is 2.39. The molecule has 1 aliphatic carbocycles. The van der Waals surface area contributed by atoms with Crippen LogP contribution in [0.4, 0.5) is 5.00 Å². The average Bonchev–Trinajstić information content (AvgIpc) is 3.05. The predicted molar refractivity (Wildman–Crippen MR) is 82.2 cm³/mol. The number of carbonyl (C=O) groups is 3. The van der Waals surface area contributed by atoms with Crippen molar-refractivity contribution in [1.82, 2.24) is 0 Å². The summed E-state index contributed by atoms with van der Waals surface area (Å²) in [6.45, 7) is 3.33. The summed E-state index contributed by atoms with van der Waals surface area (Å²) >= 11 is 1.40. The maximum Gasteiger partial charge on any atom is 0.341 e. The van der Waals surface area contributed by atoms with Crippen LogP contribution in [0.1, 0.15) is 47.5 Å². The van der Waals surface area contributed by atoms with Crippen LogP contribution in [-0.4, -0.2) is 31.1 Å². The van der Waals surface area contributed by atoms with E-state index in [1.807, 2.05) is 0 Å². The van der Waals surface area contributed by atoms with Gasteiger partial charge in [0.25, 0.3) is 5.91 Å². The third-order valence-corrected chi connectivity index (χ3v) is 4.51. The van der Waals surface area contributed by atoms with Crippen LogP contribution in [0.3, 0.4) is 0 Å². The maximum absolute atomic E-state index is 12.1. The molecule has 0 saturated heterocycles. The van der Waals surface area contributed by atoms with Crippen molar-refractivity contribution in [3.8, 4) is 0 Å². The van der Waals surface area contributed by atoms with Crippen LogP contribution < -0.4 is 5.32 Å². The lowest BCUT2D eigenvalue weighted by Gasteiger charge is -2.08. The molecule has 0 radical (unpaired) electrons. The summed E-state index contributed by atoms with van der Waals surface area (Å²) in [6.07, 6.45) is 2.96. The molecule has 2 rings (SSSR count). The summed E-state index contributed by atoms with van der Waals surface area (Å²) in [6, 6.07) is 0. The number of carbonyl (C=O) groups excluding carboxylic acids is 3. The van der Waals surface area contributed by atoms with Crippen LogP contribution in [0.2, 0.25) is 0 Å². The molecule has 0 saturated carbocycles. The van der Waals surface area contributed by atoms with Crippen molar-refractivity contribution >= 4 is 34.2 Å². The maximum atomic E-state index is 12.1. The average molecular weight is 325 g/mol. The lowest BCUT2D eigenvalue weighted by atomic mass is 10.1. The van der Waals surface area contributed by atoms with Gasteiger partial charge in [0.05, 0.1) is 12.2 Å². The van der Waals surface area contributed by atoms with Gasteiger partial charge in [-0.2, -0.15) is 0 Å². The van der Waals surface area contributed by atoms with E-state index in [1.54, 1.807) is 13.8 Å². The fourth-order valence-corrected chi connectivity index (χ4v) is 3.62.